The summed E-state index contributed by atoms with van der Waals surface area (Å²) in [5, 5.41) is 15.9. The molecule has 2 aromatic rings. The normalized spacial score (nSPS) is 14.3. The SMILES string of the molecule is CCCCCC(=O)NC([C]=O)C(CO)(CNC(=O)[C@H](C)N(C(=O)OCc1ccccc1-c1ccccc1)C(=O)[C@H](C)N)CC(C)C. The van der Waals surface area contributed by atoms with Gasteiger partial charge in [0.05, 0.1) is 12.6 Å². The number of nitrogens with zero attached hydrogens (tertiary/aromatic N) is 1. The van der Waals surface area contributed by atoms with Crippen LogP contribution in [-0.2, 0) is 30.5 Å². The van der Waals surface area contributed by atoms with Gasteiger partial charge in [0.15, 0.2) is 0 Å². The first-order valence-corrected chi connectivity index (χ1v) is 15.8. The van der Waals surface area contributed by atoms with Gasteiger partial charge < -0.3 is 26.2 Å². The Labute approximate surface area is 272 Å². The fourth-order valence-electron chi connectivity index (χ4n) is 5.33. The summed E-state index contributed by atoms with van der Waals surface area (Å²) in [6.45, 7) is 7.58. The van der Waals surface area contributed by atoms with Crippen LogP contribution in [-0.4, -0.2) is 71.4 Å². The number of aliphatic hydroxyl groups excluding tert-OH is 1. The summed E-state index contributed by atoms with van der Waals surface area (Å²) >= 11 is 0. The molecule has 11 nitrogen and oxygen atoms in total. The fourth-order valence-corrected chi connectivity index (χ4v) is 5.33. The molecule has 4 amide bonds. The molecule has 5 N–H and O–H groups in total. The van der Waals surface area contributed by atoms with Crippen LogP contribution in [0.15, 0.2) is 54.6 Å². The second-order valence-corrected chi connectivity index (χ2v) is 12.2. The van der Waals surface area contributed by atoms with Crippen molar-refractivity contribution in [3.8, 4) is 11.1 Å². The maximum Gasteiger partial charge on any atom is 0.417 e. The summed E-state index contributed by atoms with van der Waals surface area (Å²) in [6.07, 6.45) is 3.69. The number of rotatable bonds is 18. The molecule has 1 radical (unpaired) electrons. The predicted molar refractivity (Wildman–Crippen MR) is 176 cm³/mol. The van der Waals surface area contributed by atoms with E-state index in [0.717, 1.165) is 24.0 Å². The van der Waals surface area contributed by atoms with Gasteiger partial charge in [-0.1, -0.05) is 88.2 Å². The van der Waals surface area contributed by atoms with Gasteiger partial charge >= 0.3 is 6.09 Å². The molecule has 0 spiro atoms. The van der Waals surface area contributed by atoms with E-state index in [2.05, 4.69) is 10.6 Å². The Morgan fingerprint density at radius 1 is 1.00 bits per heavy atom. The highest BCUT2D eigenvalue weighted by Crippen LogP contribution is 2.30. The second-order valence-electron chi connectivity index (χ2n) is 12.2. The molecule has 2 rings (SSSR count). The number of benzene rings is 2. The molecule has 251 valence electrons. The Balaban J connectivity index is 2.25. The van der Waals surface area contributed by atoms with Crippen LogP contribution in [0.5, 0.6) is 0 Å². The van der Waals surface area contributed by atoms with Crippen molar-refractivity contribution in [2.24, 2.45) is 17.1 Å². The minimum Gasteiger partial charge on any atom is -0.444 e. The first-order chi connectivity index (χ1) is 21.9. The zero-order chi connectivity index (χ0) is 34.3. The lowest BCUT2D eigenvalue weighted by molar-refractivity contribution is -0.139. The highest BCUT2D eigenvalue weighted by Gasteiger charge is 2.42. The molecule has 11 heteroatoms. The molecule has 0 aromatic heterocycles. The number of amides is 4. The van der Waals surface area contributed by atoms with Crippen molar-refractivity contribution in [1.82, 2.24) is 15.5 Å². The number of aliphatic hydroxyl groups is 1. The maximum absolute atomic E-state index is 13.5. The molecule has 0 fully saturated rings. The third kappa shape index (κ3) is 10.8. The second kappa shape index (κ2) is 18.8. The van der Waals surface area contributed by atoms with Gasteiger partial charge in [-0.15, -0.1) is 0 Å². The Bertz CT molecular complexity index is 1300. The Morgan fingerprint density at radius 3 is 2.24 bits per heavy atom. The van der Waals surface area contributed by atoms with Crippen LogP contribution in [0.25, 0.3) is 11.1 Å². The molecular weight excluding hydrogens is 588 g/mol. The maximum atomic E-state index is 13.5. The third-order valence-electron chi connectivity index (χ3n) is 7.83. The molecular formula is C35H49N4O7. The van der Waals surface area contributed by atoms with Crippen LogP contribution < -0.4 is 16.4 Å². The number of carbonyl (C=O) groups excluding carboxylic acids is 5. The Morgan fingerprint density at radius 2 is 1.65 bits per heavy atom. The van der Waals surface area contributed by atoms with Crippen LogP contribution in [0.4, 0.5) is 4.79 Å². The van der Waals surface area contributed by atoms with Gasteiger partial charge in [0, 0.05) is 18.4 Å². The van der Waals surface area contributed by atoms with E-state index in [0.29, 0.717) is 16.9 Å². The average molecular weight is 638 g/mol. The van der Waals surface area contributed by atoms with Crippen LogP contribution in [0.3, 0.4) is 0 Å². The van der Waals surface area contributed by atoms with E-state index in [1.807, 2.05) is 69.5 Å². The zero-order valence-corrected chi connectivity index (χ0v) is 27.6. The highest BCUT2D eigenvalue weighted by atomic mass is 16.6. The largest absolute Gasteiger partial charge is 0.444 e. The van der Waals surface area contributed by atoms with Crippen molar-refractivity contribution in [2.75, 3.05) is 13.2 Å². The minimum atomic E-state index is -1.35. The summed E-state index contributed by atoms with van der Waals surface area (Å²) < 4.78 is 5.55. The van der Waals surface area contributed by atoms with Crippen molar-refractivity contribution in [3.05, 3.63) is 60.2 Å². The van der Waals surface area contributed by atoms with Gasteiger partial charge in [0.2, 0.25) is 24.0 Å². The van der Waals surface area contributed by atoms with Crippen LogP contribution in [0.2, 0.25) is 0 Å². The molecule has 2 unspecified atom stereocenters. The monoisotopic (exact) mass is 637 g/mol. The van der Waals surface area contributed by atoms with Crippen LogP contribution >= 0.6 is 0 Å². The van der Waals surface area contributed by atoms with E-state index in [9.17, 15) is 29.1 Å². The van der Waals surface area contributed by atoms with Gasteiger partial charge in [0.25, 0.3) is 0 Å². The smallest absolute Gasteiger partial charge is 0.417 e. The molecule has 2 aromatic carbocycles. The van der Waals surface area contributed by atoms with E-state index < -0.39 is 48.1 Å². The molecule has 0 aliphatic heterocycles. The number of nitrogens with one attached hydrogen (secondary N) is 2. The van der Waals surface area contributed by atoms with E-state index in [1.165, 1.54) is 13.8 Å². The molecule has 0 saturated carbocycles. The Hall–Kier alpha value is -4.09. The standard InChI is InChI=1S/C35H49N4O7/c1-6-7-9-18-31(42)38-30(20-40)35(23-41,19-24(2)3)22-37-32(43)26(5)39(33(44)25(4)36)34(45)46-21-28-16-12-13-17-29(28)27-14-10-8-11-15-27/h8,10-17,24-26,30,41H,6-7,9,18-19,21-23,36H2,1-5H3,(H,37,43)(H,38,42)/t25-,26-,30?,35?/m0/s1. The van der Waals surface area contributed by atoms with Gasteiger partial charge in [0.1, 0.15) is 18.7 Å². The third-order valence-corrected chi connectivity index (χ3v) is 7.83. The molecule has 0 aliphatic carbocycles. The number of hydrogen-bond acceptors (Lipinski definition) is 8. The summed E-state index contributed by atoms with van der Waals surface area (Å²) in [5.74, 6) is -1.94. The van der Waals surface area contributed by atoms with Crippen molar-refractivity contribution in [3.63, 3.8) is 0 Å². The Kier molecular flexibility index (Phi) is 15.5. The van der Waals surface area contributed by atoms with Crippen LogP contribution in [0.1, 0.15) is 72.3 Å². The van der Waals surface area contributed by atoms with Crippen molar-refractivity contribution in [2.45, 2.75) is 91.5 Å². The van der Waals surface area contributed by atoms with Gasteiger partial charge in [-0.05, 0) is 49.3 Å². The van der Waals surface area contributed by atoms with E-state index in [1.54, 1.807) is 12.1 Å². The lowest BCUT2D eigenvalue weighted by Gasteiger charge is -2.38. The molecule has 0 saturated heterocycles. The number of nitrogens with two attached hydrogens (primary N) is 1. The summed E-state index contributed by atoms with van der Waals surface area (Å²) in [6, 6.07) is 13.2. The minimum absolute atomic E-state index is 0.0285. The number of ether oxygens (including phenoxy) is 1. The number of unbranched alkanes of at least 4 members (excludes halogenated alkanes) is 2. The van der Waals surface area contributed by atoms with Gasteiger partial charge in [-0.2, -0.15) is 0 Å². The molecule has 46 heavy (non-hydrogen) atoms. The topological polar surface area (TPSA) is 168 Å². The predicted octanol–water partition coefficient (Wildman–Crippen LogP) is 3.87. The number of hydrogen-bond donors (Lipinski definition) is 4. The average Bonchev–Trinajstić information content (AvgIpc) is 3.04. The highest BCUT2D eigenvalue weighted by molar-refractivity contribution is 5.99. The first kappa shape index (κ1) is 38.1. The lowest BCUT2D eigenvalue weighted by atomic mass is 9.74. The quantitative estimate of drug-likeness (QED) is 0.179. The summed E-state index contributed by atoms with van der Waals surface area (Å²) in [7, 11) is 0. The van der Waals surface area contributed by atoms with Crippen molar-refractivity contribution in [1.29, 1.82) is 0 Å². The molecule has 0 aliphatic rings. The van der Waals surface area contributed by atoms with Crippen molar-refractivity contribution >= 4 is 30.1 Å². The van der Waals surface area contributed by atoms with E-state index in [4.69, 9.17) is 10.5 Å². The lowest BCUT2D eigenvalue weighted by Crippen LogP contribution is -2.59. The summed E-state index contributed by atoms with van der Waals surface area (Å²) in [5.41, 5.74) is 7.01. The van der Waals surface area contributed by atoms with E-state index >= 15 is 0 Å². The first-order valence-electron chi connectivity index (χ1n) is 15.8. The van der Waals surface area contributed by atoms with Crippen molar-refractivity contribution < 1.29 is 33.8 Å². The molecule has 4 atom stereocenters. The van der Waals surface area contributed by atoms with Gasteiger partial charge in [-0.3, -0.25) is 19.2 Å². The number of imide groups is 1. The van der Waals surface area contributed by atoms with Gasteiger partial charge in [-0.25, -0.2) is 9.69 Å². The molecule has 0 heterocycles. The number of carbonyl (C=O) groups is 4. The van der Waals surface area contributed by atoms with E-state index in [-0.39, 0.29) is 37.8 Å². The van der Waals surface area contributed by atoms with Crippen LogP contribution in [0, 0.1) is 11.3 Å². The molecule has 0 bridgehead atoms. The summed E-state index contributed by atoms with van der Waals surface area (Å²) in [4.78, 5) is 65.3. The zero-order valence-electron chi connectivity index (χ0n) is 27.6. The fraction of sp³-hybridized carbons (Fsp3) is 0.514.